The molecule has 11 heteroatoms. The second kappa shape index (κ2) is 9.53. The summed E-state index contributed by atoms with van der Waals surface area (Å²) in [6, 6.07) is 5.93. The van der Waals surface area contributed by atoms with E-state index in [4.69, 9.17) is 5.11 Å². The van der Waals surface area contributed by atoms with E-state index in [1.54, 1.807) is 13.0 Å². The van der Waals surface area contributed by atoms with Crippen LogP contribution >= 0.6 is 0 Å². The maximum absolute atomic E-state index is 14.7. The molecular weight excluding hydrogens is 459 g/mol. The minimum absolute atomic E-state index is 0.179. The van der Waals surface area contributed by atoms with Crippen molar-refractivity contribution < 1.29 is 29.0 Å². The molecule has 0 saturated heterocycles. The molecule has 2 atom stereocenters. The van der Waals surface area contributed by atoms with Gasteiger partial charge in [-0.3, -0.25) is 14.4 Å². The number of aromatic amines is 1. The molecule has 0 spiro atoms. The van der Waals surface area contributed by atoms with Crippen LogP contribution in [-0.2, 0) is 16.0 Å². The smallest absolute Gasteiger partial charge is 0.326 e. The third kappa shape index (κ3) is 5.13. The van der Waals surface area contributed by atoms with Gasteiger partial charge in [-0.1, -0.05) is 0 Å². The second-order valence-electron chi connectivity index (χ2n) is 8.45. The Morgan fingerprint density at radius 1 is 1.23 bits per heavy atom. The Labute approximate surface area is 198 Å². The van der Waals surface area contributed by atoms with Crippen LogP contribution in [0.15, 0.2) is 35.1 Å². The number of aryl methyl sites for hydroxylation is 2. The van der Waals surface area contributed by atoms with E-state index < -0.39 is 36.1 Å². The normalized spacial score (nSPS) is 15.4. The molecule has 0 bridgehead atoms. The van der Waals surface area contributed by atoms with Gasteiger partial charge in [0.15, 0.2) is 0 Å². The molecule has 1 aliphatic carbocycles. The second-order valence-corrected chi connectivity index (χ2v) is 8.45. The number of fused-ring (bicyclic) bond motifs is 2. The van der Waals surface area contributed by atoms with Crippen molar-refractivity contribution >= 4 is 34.4 Å². The first-order valence-electron chi connectivity index (χ1n) is 11.0. The zero-order valence-electron chi connectivity index (χ0n) is 18.7. The summed E-state index contributed by atoms with van der Waals surface area (Å²) in [4.78, 5) is 53.8. The first-order valence-corrected chi connectivity index (χ1v) is 11.0. The largest absolute Gasteiger partial charge is 0.481 e. The standard InChI is InChI=1S/C24H23FN4O6/c1-11-26-20-8-12-2-5-18(15(12)10-16(20)23(33)27-11)28-13-3-4-14(17(25)9-13)22(32)29-19(24(34)35)6-7-21(30)31/h3-4,8-10,18-19,28H,2,5-7H2,1H3,(H,29,32)(H,30,31)(H,34,35)(H,26,27,33)/t18?,19-/m0/s1. The van der Waals surface area contributed by atoms with E-state index >= 15 is 0 Å². The third-order valence-electron chi connectivity index (χ3n) is 5.97. The number of carboxylic acid groups (broad SMARTS) is 2. The van der Waals surface area contributed by atoms with Gasteiger partial charge in [-0.25, -0.2) is 14.2 Å². The first-order chi connectivity index (χ1) is 16.6. The van der Waals surface area contributed by atoms with E-state index in [1.165, 1.54) is 12.1 Å². The van der Waals surface area contributed by atoms with Crippen molar-refractivity contribution in [1.82, 2.24) is 15.3 Å². The van der Waals surface area contributed by atoms with E-state index in [0.717, 1.165) is 30.0 Å². The highest BCUT2D eigenvalue weighted by molar-refractivity contribution is 5.97. The van der Waals surface area contributed by atoms with Crippen molar-refractivity contribution in [2.45, 2.75) is 44.7 Å². The van der Waals surface area contributed by atoms with Gasteiger partial charge < -0.3 is 25.8 Å². The number of aromatic nitrogens is 2. The lowest BCUT2D eigenvalue weighted by Gasteiger charge is -2.17. The molecule has 0 fully saturated rings. The Bertz CT molecular complexity index is 1400. The number of aliphatic carboxylic acids is 2. The van der Waals surface area contributed by atoms with Crippen LogP contribution < -0.4 is 16.2 Å². The molecule has 1 aromatic heterocycles. The summed E-state index contributed by atoms with van der Waals surface area (Å²) in [5.74, 6) is -3.89. The van der Waals surface area contributed by atoms with Gasteiger partial charge in [0.25, 0.3) is 11.5 Å². The van der Waals surface area contributed by atoms with Crippen LogP contribution in [0.3, 0.4) is 0 Å². The van der Waals surface area contributed by atoms with Crippen molar-refractivity contribution in [3.05, 3.63) is 69.0 Å². The van der Waals surface area contributed by atoms with Crippen molar-refractivity contribution in [2.24, 2.45) is 0 Å². The number of carbonyl (C=O) groups excluding carboxylic acids is 1. The molecule has 4 rings (SSSR count). The molecule has 0 radical (unpaired) electrons. The fourth-order valence-corrected chi connectivity index (χ4v) is 4.26. The van der Waals surface area contributed by atoms with Crippen molar-refractivity contribution in [1.29, 1.82) is 0 Å². The summed E-state index contributed by atoms with van der Waals surface area (Å²) < 4.78 is 14.7. The fourth-order valence-electron chi connectivity index (χ4n) is 4.26. The molecular formula is C24H23FN4O6. The van der Waals surface area contributed by atoms with Crippen LogP contribution in [-0.4, -0.2) is 44.1 Å². The summed E-state index contributed by atoms with van der Waals surface area (Å²) in [6.45, 7) is 1.72. The summed E-state index contributed by atoms with van der Waals surface area (Å²) in [7, 11) is 0. The van der Waals surface area contributed by atoms with Gasteiger partial charge in [0.2, 0.25) is 0 Å². The highest BCUT2D eigenvalue weighted by Crippen LogP contribution is 2.35. The van der Waals surface area contributed by atoms with Gasteiger partial charge in [0.05, 0.1) is 22.5 Å². The van der Waals surface area contributed by atoms with E-state index in [9.17, 15) is 28.7 Å². The molecule has 0 saturated carbocycles. The number of hydrogen-bond donors (Lipinski definition) is 5. The Kier molecular flexibility index (Phi) is 6.50. The number of halogens is 1. The Hall–Kier alpha value is -4.28. The van der Waals surface area contributed by atoms with Crippen molar-refractivity contribution in [3.8, 4) is 0 Å². The number of carboxylic acids is 2. The number of H-pyrrole nitrogens is 1. The lowest BCUT2D eigenvalue weighted by Crippen LogP contribution is -2.41. The number of benzene rings is 2. The lowest BCUT2D eigenvalue weighted by molar-refractivity contribution is -0.140. The lowest BCUT2D eigenvalue weighted by atomic mass is 10.0. The number of hydrogen-bond acceptors (Lipinski definition) is 6. The number of nitrogens with zero attached hydrogens (tertiary/aromatic N) is 1. The SMILES string of the molecule is Cc1nc2cc3c(cc2c(=O)[nH]1)C(Nc1ccc(C(=O)N[C@@H](CCC(=O)O)C(=O)O)c(F)c1)CC3. The zero-order chi connectivity index (χ0) is 25.3. The van der Waals surface area contributed by atoms with Gasteiger partial charge in [-0.05, 0) is 67.6 Å². The minimum atomic E-state index is -1.46. The highest BCUT2D eigenvalue weighted by Gasteiger charge is 2.26. The van der Waals surface area contributed by atoms with E-state index in [1.807, 2.05) is 6.07 Å². The van der Waals surface area contributed by atoms with Gasteiger partial charge in [0.1, 0.15) is 17.7 Å². The van der Waals surface area contributed by atoms with Crippen LogP contribution in [0, 0.1) is 12.7 Å². The van der Waals surface area contributed by atoms with Crippen molar-refractivity contribution in [3.63, 3.8) is 0 Å². The molecule has 10 nitrogen and oxygen atoms in total. The highest BCUT2D eigenvalue weighted by atomic mass is 19.1. The Balaban J connectivity index is 1.51. The maximum atomic E-state index is 14.7. The topological polar surface area (TPSA) is 161 Å². The molecule has 1 amide bonds. The maximum Gasteiger partial charge on any atom is 0.326 e. The molecule has 2 aromatic carbocycles. The number of nitrogens with one attached hydrogen (secondary N) is 3. The van der Waals surface area contributed by atoms with Crippen molar-refractivity contribution in [2.75, 3.05) is 5.32 Å². The summed E-state index contributed by atoms with van der Waals surface area (Å²) in [5.41, 5.74) is 2.40. The van der Waals surface area contributed by atoms with Crippen LogP contribution in [0.25, 0.3) is 10.9 Å². The fraction of sp³-hybridized carbons (Fsp3) is 0.292. The first kappa shape index (κ1) is 23.9. The summed E-state index contributed by atoms with van der Waals surface area (Å²) in [5, 5.41) is 23.8. The van der Waals surface area contributed by atoms with E-state index in [-0.39, 0.29) is 23.6 Å². The third-order valence-corrected chi connectivity index (χ3v) is 5.97. The van der Waals surface area contributed by atoms with Gasteiger partial charge in [-0.2, -0.15) is 0 Å². The Morgan fingerprint density at radius 3 is 2.69 bits per heavy atom. The van der Waals surface area contributed by atoms with E-state index in [0.29, 0.717) is 22.4 Å². The van der Waals surface area contributed by atoms with E-state index in [2.05, 4.69) is 20.6 Å². The molecule has 5 N–H and O–H groups in total. The zero-order valence-corrected chi connectivity index (χ0v) is 18.7. The van der Waals surface area contributed by atoms with Gasteiger partial charge in [-0.15, -0.1) is 0 Å². The summed E-state index contributed by atoms with van der Waals surface area (Å²) >= 11 is 0. The average Bonchev–Trinajstić information content (AvgIpc) is 3.16. The average molecular weight is 482 g/mol. The van der Waals surface area contributed by atoms with Crippen LogP contribution in [0.2, 0.25) is 0 Å². The number of carbonyl (C=O) groups is 3. The van der Waals surface area contributed by atoms with Gasteiger partial charge >= 0.3 is 11.9 Å². The monoisotopic (exact) mass is 482 g/mol. The number of anilines is 1. The van der Waals surface area contributed by atoms with Crippen LogP contribution in [0.1, 0.15) is 52.6 Å². The predicted molar refractivity (Wildman–Crippen MR) is 124 cm³/mol. The molecule has 3 aromatic rings. The van der Waals surface area contributed by atoms with Crippen LogP contribution in [0.5, 0.6) is 0 Å². The Morgan fingerprint density at radius 2 is 2.00 bits per heavy atom. The predicted octanol–water partition coefficient (Wildman–Crippen LogP) is 2.52. The minimum Gasteiger partial charge on any atom is -0.481 e. The number of rotatable bonds is 8. The molecule has 0 aliphatic heterocycles. The van der Waals surface area contributed by atoms with Gasteiger partial charge in [0, 0.05) is 12.1 Å². The summed E-state index contributed by atoms with van der Waals surface area (Å²) in [6.07, 6.45) is 0.691. The molecule has 1 unspecified atom stereocenters. The quantitative estimate of drug-likeness (QED) is 0.327. The molecule has 1 aliphatic rings. The number of amides is 1. The van der Waals surface area contributed by atoms with Crippen LogP contribution in [0.4, 0.5) is 10.1 Å². The molecule has 182 valence electrons. The molecule has 1 heterocycles. The molecule has 35 heavy (non-hydrogen) atoms.